The van der Waals surface area contributed by atoms with Crippen molar-refractivity contribution in [2.75, 3.05) is 11.9 Å². The number of anilines is 2. The van der Waals surface area contributed by atoms with Crippen molar-refractivity contribution >= 4 is 17.7 Å². The number of likely N-dealkylation sites (tertiary alicyclic amines) is 1. The zero-order valence-electron chi connectivity index (χ0n) is 14.3. The van der Waals surface area contributed by atoms with Gasteiger partial charge in [0.2, 0.25) is 11.9 Å². The normalized spacial score (nSPS) is 20.8. The quantitative estimate of drug-likeness (QED) is 0.925. The maximum absolute atomic E-state index is 12.9. The summed E-state index contributed by atoms with van der Waals surface area (Å²) in [6, 6.07) is 7.65. The average molecular weight is 337 g/mol. The number of aromatic nitrogens is 3. The Kier molecular flexibility index (Phi) is 4.59. The molecule has 25 heavy (non-hydrogen) atoms. The van der Waals surface area contributed by atoms with Crippen LogP contribution in [0, 0.1) is 5.92 Å². The number of rotatable bonds is 4. The lowest BCUT2D eigenvalue weighted by molar-refractivity contribution is -0.136. The van der Waals surface area contributed by atoms with E-state index in [0.29, 0.717) is 17.7 Å². The minimum absolute atomic E-state index is 0.0698. The highest BCUT2D eigenvalue weighted by molar-refractivity contribution is 5.79. The molecule has 4 rings (SSSR count). The zero-order chi connectivity index (χ0) is 17.1. The molecule has 6 heteroatoms. The van der Waals surface area contributed by atoms with Crippen LogP contribution in [0.5, 0.6) is 0 Å². The van der Waals surface area contributed by atoms with E-state index >= 15 is 0 Å². The van der Waals surface area contributed by atoms with Gasteiger partial charge < -0.3 is 10.2 Å². The molecule has 1 saturated heterocycles. The fourth-order valence-corrected chi connectivity index (χ4v) is 3.91. The maximum Gasteiger partial charge on any atom is 0.228 e. The number of hydrogen-bond donors (Lipinski definition) is 1. The summed E-state index contributed by atoms with van der Waals surface area (Å²) in [4.78, 5) is 28.1. The van der Waals surface area contributed by atoms with Gasteiger partial charge in [-0.15, -0.1) is 0 Å². The van der Waals surface area contributed by atoms with E-state index in [0.717, 1.165) is 37.9 Å². The Balaban J connectivity index is 1.52. The van der Waals surface area contributed by atoms with E-state index < -0.39 is 0 Å². The van der Waals surface area contributed by atoms with Gasteiger partial charge in [-0.3, -0.25) is 4.79 Å². The molecule has 1 atom stereocenters. The molecule has 2 fully saturated rings. The highest BCUT2D eigenvalue weighted by Gasteiger charge is 2.35. The molecule has 1 unspecified atom stereocenters. The number of pyridine rings is 1. The van der Waals surface area contributed by atoms with Crippen LogP contribution in [0.25, 0.3) is 0 Å². The summed E-state index contributed by atoms with van der Waals surface area (Å²) in [6.07, 6.45) is 9.93. The van der Waals surface area contributed by atoms with E-state index in [1.807, 2.05) is 29.2 Å². The van der Waals surface area contributed by atoms with Gasteiger partial charge in [0, 0.05) is 24.9 Å². The summed E-state index contributed by atoms with van der Waals surface area (Å²) in [5.41, 5.74) is 0.914. The lowest BCUT2D eigenvalue weighted by Gasteiger charge is -2.27. The lowest BCUT2D eigenvalue weighted by Crippen LogP contribution is -2.35. The van der Waals surface area contributed by atoms with Crippen LogP contribution in [0.2, 0.25) is 0 Å². The molecule has 1 aliphatic carbocycles. The van der Waals surface area contributed by atoms with E-state index in [1.54, 1.807) is 12.4 Å². The molecule has 1 saturated carbocycles. The van der Waals surface area contributed by atoms with Gasteiger partial charge in [-0.05, 0) is 43.9 Å². The van der Waals surface area contributed by atoms with Crippen molar-refractivity contribution < 1.29 is 4.79 Å². The monoisotopic (exact) mass is 337 g/mol. The second-order valence-corrected chi connectivity index (χ2v) is 6.82. The van der Waals surface area contributed by atoms with Crippen molar-refractivity contribution in [3.63, 3.8) is 0 Å². The first-order valence-electron chi connectivity index (χ1n) is 9.13. The summed E-state index contributed by atoms with van der Waals surface area (Å²) < 4.78 is 0. The minimum atomic E-state index is 0.0698. The third kappa shape index (κ3) is 3.48. The van der Waals surface area contributed by atoms with Crippen molar-refractivity contribution in [3.05, 3.63) is 42.4 Å². The molecule has 130 valence electrons. The van der Waals surface area contributed by atoms with E-state index in [2.05, 4.69) is 20.3 Å². The average Bonchev–Trinajstić information content (AvgIpc) is 3.34. The van der Waals surface area contributed by atoms with Gasteiger partial charge in [-0.25, -0.2) is 15.0 Å². The zero-order valence-corrected chi connectivity index (χ0v) is 14.3. The first kappa shape index (κ1) is 16.0. The molecular formula is C19H23N5O. The van der Waals surface area contributed by atoms with Crippen LogP contribution < -0.4 is 5.32 Å². The third-order valence-electron chi connectivity index (χ3n) is 5.16. The first-order chi connectivity index (χ1) is 12.3. The number of carbonyl (C=O) groups is 1. The van der Waals surface area contributed by atoms with Gasteiger partial charge in [0.1, 0.15) is 5.82 Å². The number of nitrogens with zero attached hydrogens (tertiary/aromatic N) is 4. The summed E-state index contributed by atoms with van der Waals surface area (Å²) in [5.74, 6) is 1.77. The Hall–Kier alpha value is -2.50. The standard InChI is InChI=1S/C19H23N5O/c25-18(14-6-1-2-7-14)24-13-5-8-16(24)15-10-12-21-19(22-15)23-17-9-3-4-11-20-17/h3-4,9-12,14,16H,1-2,5-8,13H2,(H,20,21,22,23). The van der Waals surface area contributed by atoms with Crippen molar-refractivity contribution in [1.29, 1.82) is 0 Å². The molecule has 0 radical (unpaired) electrons. The Labute approximate surface area is 147 Å². The topological polar surface area (TPSA) is 71.0 Å². The Bertz CT molecular complexity index is 730. The number of hydrogen-bond acceptors (Lipinski definition) is 5. The van der Waals surface area contributed by atoms with E-state index in [-0.39, 0.29) is 12.0 Å². The molecule has 6 nitrogen and oxygen atoms in total. The fraction of sp³-hybridized carbons (Fsp3) is 0.474. The molecule has 1 N–H and O–H groups in total. The molecule has 0 spiro atoms. The highest BCUT2D eigenvalue weighted by Crippen LogP contribution is 2.35. The molecule has 2 aliphatic rings. The molecule has 2 aromatic rings. The summed E-state index contributed by atoms with van der Waals surface area (Å²) in [6.45, 7) is 0.840. The Morgan fingerprint density at radius 3 is 2.72 bits per heavy atom. The largest absolute Gasteiger partial charge is 0.334 e. The van der Waals surface area contributed by atoms with Crippen molar-refractivity contribution in [2.24, 2.45) is 5.92 Å². The molecule has 0 bridgehead atoms. The van der Waals surface area contributed by atoms with Crippen molar-refractivity contribution in [3.8, 4) is 0 Å². The van der Waals surface area contributed by atoms with Crippen LogP contribution in [0.3, 0.4) is 0 Å². The van der Waals surface area contributed by atoms with Gasteiger partial charge in [0.05, 0.1) is 11.7 Å². The highest BCUT2D eigenvalue weighted by atomic mass is 16.2. The van der Waals surface area contributed by atoms with E-state index in [9.17, 15) is 4.79 Å². The lowest BCUT2D eigenvalue weighted by atomic mass is 10.0. The second-order valence-electron chi connectivity index (χ2n) is 6.82. The first-order valence-corrected chi connectivity index (χ1v) is 9.13. The molecule has 3 heterocycles. The fourth-order valence-electron chi connectivity index (χ4n) is 3.91. The number of amides is 1. The number of nitrogens with one attached hydrogen (secondary N) is 1. The smallest absolute Gasteiger partial charge is 0.228 e. The van der Waals surface area contributed by atoms with Gasteiger partial charge in [0.15, 0.2) is 0 Å². The Morgan fingerprint density at radius 1 is 1.04 bits per heavy atom. The van der Waals surface area contributed by atoms with Gasteiger partial charge >= 0.3 is 0 Å². The van der Waals surface area contributed by atoms with Crippen LogP contribution in [0.1, 0.15) is 50.3 Å². The summed E-state index contributed by atoms with van der Waals surface area (Å²) in [7, 11) is 0. The van der Waals surface area contributed by atoms with Crippen LogP contribution >= 0.6 is 0 Å². The van der Waals surface area contributed by atoms with E-state index in [4.69, 9.17) is 0 Å². The molecular weight excluding hydrogens is 314 g/mol. The van der Waals surface area contributed by atoms with Crippen LogP contribution in [-0.4, -0.2) is 32.3 Å². The molecule has 2 aromatic heterocycles. The van der Waals surface area contributed by atoms with Gasteiger partial charge in [-0.1, -0.05) is 18.9 Å². The summed E-state index contributed by atoms with van der Waals surface area (Å²) in [5, 5.41) is 3.13. The predicted molar refractivity (Wildman–Crippen MR) is 95.2 cm³/mol. The third-order valence-corrected chi connectivity index (χ3v) is 5.16. The van der Waals surface area contributed by atoms with Crippen LogP contribution in [-0.2, 0) is 4.79 Å². The second kappa shape index (κ2) is 7.17. The summed E-state index contributed by atoms with van der Waals surface area (Å²) >= 11 is 0. The van der Waals surface area contributed by atoms with Crippen LogP contribution in [0.4, 0.5) is 11.8 Å². The predicted octanol–water partition coefficient (Wildman–Crippen LogP) is 3.47. The van der Waals surface area contributed by atoms with Crippen LogP contribution in [0.15, 0.2) is 36.7 Å². The Morgan fingerprint density at radius 2 is 1.92 bits per heavy atom. The van der Waals surface area contributed by atoms with Crippen molar-refractivity contribution in [1.82, 2.24) is 19.9 Å². The number of carbonyl (C=O) groups excluding carboxylic acids is 1. The molecule has 1 amide bonds. The SMILES string of the molecule is O=C(C1CCCC1)N1CCCC1c1ccnc(Nc2ccccn2)n1. The molecule has 0 aromatic carbocycles. The van der Waals surface area contributed by atoms with E-state index in [1.165, 1.54) is 12.8 Å². The van der Waals surface area contributed by atoms with Gasteiger partial charge in [-0.2, -0.15) is 0 Å². The minimum Gasteiger partial charge on any atom is -0.334 e. The molecule has 1 aliphatic heterocycles. The van der Waals surface area contributed by atoms with Gasteiger partial charge in [0.25, 0.3) is 0 Å². The maximum atomic E-state index is 12.9. The van der Waals surface area contributed by atoms with Crippen molar-refractivity contribution in [2.45, 2.75) is 44.6 Å².